The molecule has 0 bridgehead atoms. The van der Waals surface area contributed by atoms with Crippen molar-refractivity contribution in [3.63, 3.8) is 0 Å². The molecule has 0 amide bonds. The van der Waals surface area contributed by atoms with Crippen LogP contribution in [-0.2, 0) is 0 Å². The first-order valence-electron chi connectivity index (χ1n) is 4.86. The molecule has 80 valence electrons. The van der Waals surface area contributed by atoms with Gasteiger partial charge in [0.1, 0.15) is 5.75 Å². The first-order valence-corrected chi connectivity index (χ1v) is 4.86. The van der Waals surface area contributed by atoms with Crippen molar-refractivity contribution >= 4 is 12.6 Å². The molecule has 14 heavy (non-hydrogen) atoms. The van der Waals surface area contributed by atoms with E-state index in [2.05, 4.69) is 0 Å². The Kier molecular flexibility index (Phi) is 11.2. The molecule has 0 atom stereocenters. The molecule has 1 aromatic carbocycles. The lowest BCUT2D eigenvalue weighted by atomic mass is 9.80. The van der Waals surface area contributed by atoms with Crippen molar-refractivity contribution in [2.24, 2.45) is 0 Å². The van der Waals surface area contributed by atoms with E-state index in [1.54, 1.807) is 12.1 Å². The maximum atomic E-state index is 8.96. The highest BCUT2D eigenvalue weighted by atomic mass is 16.4. The molecule has 0 radical (unpaired) electrons. The molecule has 1 aromatic rings. The van der Waals surface area contributed by atoms with E-state index in [0.717, 1.165) is 0 Å². The maximum absolute atomic E-state index is 8.96. The van der Waals surface area contributed by atoms with E-state index in [4.69, 9.17) is 15.2 Å². The molecular formula is C10H19BO3. The second-order valence-corrected chi connectivity index (χ2v) is 1.93. The van der Waals surface area contributed by atoms with Gasteiger partial charge in [-0.05, 0) is 6.07 Å². The molecule has 0 saturated heterocycles. The lowest BCUT2D eigenvalue weighted by Gasteiger charge is -1.99. The highest BCUT2D eigenvalue weighted by Gasteiger charge is 2.13. The summed E-state index contributed by atoms with van der Waals surface area (Å²) >= 11 is 0. The van der Waals surface area contributed by atoms with Gasteiger partial charge in [-0.1, -0.05) is 45.9 Å². The third-order valence-electron chi connectivity index (χ3n) is 1.21. The summed E-state index contributed by atoms with van der Waals surface area (Å²) in [7, 11) is -1.60. The van der Waals surface area contributed by atoms with Gasteiger partial charge in [0.2, 0.25) is 0 Å². The van der Waals surface area contributed by atoms with Crippen LogP contribution < -0.4 is 5.46 Å². The lowest BCUT2D eigenvalue weighted by molar-refractivity contribution is 0.419. The standard InChI is InChI=1S/C6H7BO3.2C2H6/c8-6-4-2-1-3-5(6)7(9)10;2*1-2/h1-4,8-10H;2*1-2H3. The molecule has 0 aromatic heterocycles. The molecule has 1 rings (SSSR count). The fourth-order valence-electron chi connectivity index (χ4n) is 0.706. The molecule has 0 aliphatic heterocycles. The van der Waals surface area contributed by atoms with E-state index in [-0.39, 0.29) is 11.2 Å². The molecule has 0 spiro atoms. The van der Waals surface area contributed by atoms with Crippen LogP contribution in [0, 0.1) is 0 Å². The number of aromatic hydroxyl groups is 1. The number of phenols is 1. The molecule has 3 N–H and O–H groups in total. The first-order chi connectivity index (χ1) is 6.72. The highest BCUT2D eigenvalue weighted by molar-refractivity contribution is 6.59. The normalized spacial score (nSPS) is 7.57. The van der Waals surface area contributed by atoms with Crippen molar-refractivity contribution < 1.29 is 15.2 Å². The minimum absolute atomic E-state index is 0.0995. The number of hydrogen-bond donors (Lipinski definition) is 3. The van der Waals surface area contributed by atoms with Crippen LogP contribution in [-0.4, -0.2) is 22.3 Å². The van der Waals surface area contributed by atoms with Crippen LogP contribution in [0.3, 0.4) is 0 Å². The summed E-state index contributed by atoms with van der Waals surface area (Å²) in [5, 5.41) is 26.2. The van der Waals surface area contributed by atoms with Gasteiger partial charge in [-0.3, -0.25) is 0 Å². The second-order valence-electron chi connectivity index (χ2n) is 1.93. The van der Waals surface area contributed by atoms with E-state index in [1.165, 1.54) is 12.1 Å². The van der Waals surface area contributed by atoms with E-state index < -0.39 is 7.12 Å². The highest BCUT2D eigenvalue weighted by Crippen LogP contribution is 2.02. The Labute approximate surface area is 86.2 Å². The number of hydrogen-bond acceptors (Lipinski definition) is 3. The summed E-state index contributed by atoms with van der Waals surface area (Å²) < 4.78 is 0. The minimum Gasteiger partial charge on any atom is -0.508 e. The molecule has 4 heteroatoms. The molecule has 0 heterocycles. The third-order valence-corrected chi connectivity index (χ3v) is 1.21. The van der Waals surface area contributed by atoms with Crippen LogP contribution in [0.2, 0.25) is 0 Å². The molecular weight excluding hydrogens is 179 g/mol. The van der Waals surface area contributed by atoms with Gasteiger partial charge in [-0.25, -0.2) is 0 Å². The van der Waals surface area contributed by atoms with Gasteiger partial charge in [0.15, 0.2) is 0 Å². The summed E-state index contributed by atoms with van der Waals surface area (Å²) in [5.74, 6) is -0.0995. The minimum atomic E-state index is -1.60. The molecule has 0 unspecified atom stereocenters. The van der Waals surface area contributed by atoms with Gasteiger partial charge in [-0.2, -0.15) is 0 Å². The topological polar surface area (TPSA) is 60.7 Å². The Hall–Kier alpha value is -0.995. The zero-order valence-corrected chi connectivity index (χ0v) is 9.23. The molecule has 0 aliphatic carbocycles. The number of benzene rings is 1. The van der Waals surface area contributed by atoms with Crippen molar-refractivity contribution in [1.29, 1.82) is 0 Å². The van der Waals surface area contributed by atoms with Gasteiger partial charge in [0.05, 0.1) is 0 Å². The number of rotatable bonds is 1. The SMILES string of the molecule is CC.CC.OB(O)c1ccccc1O. The second kappa shape index (κ2) is 10.1. The third kappa shape index (κ3) is 5.62. The van der Waals surface area contributed by atoms with Crippen molar-refractivity contribution in [2.45, 2.75) is 27.7 Å². The summed E-state index contributed by atoms with van der Waals surface area (Å²) in [5.41, 5.74) is 0.127. The quantitative estimate of drug-likeness (QED) is 0.592. The zero-order chi connectivity index (χ0) is 11.6. The van der Waals surface area contributed by atoms with Crippen LogP contribution in [0.15, 0.2) is 24.3 Å². The summed E-state index contributed by atoms with van der Waals surface area (Å²) in [6.07, 6.45) is 0. The average molecular weight is 198 g/mol. The lowest BCUT2D eigenvalue weighted by Crippen LogP contribution is -2.29. The Bertz CT molecular complexity index is 226. The molecule has 3 nitrogen and oxygen atoms in total. The summed E-state index contributed by atoms with van der Waals surface area (Å²) in [6, 6.07) is 6.07. The van der Waals surface area contributed by atoms with Crippen molar-refractivity contribution in [2.75, 3.05) is 0 Å². The zero-order valence-electron chi connectivity index (χ0n) is 9.23. The largest absolute Gasteiger partial charge is 0.508 e. The van der Waals surface area contributed by atoms with Crippen LogP contribution in [0.25, 0.3) is 0 Å². The first kappa shape index (κ1) is 15.5. The number of para-hydroxylation sites is 1. The Morgan fingerprint density at radius 2 is 1.36 bits per heavy atom. The fourth-order valence-corrected chi connectivity index (χ4v) is 0.706. The van der Waals surface area contributed by atoms with Crippen LogP contribution in [0.1, 0.15) is 27.7 Å². The van der Waals surface area contributed by atoms with Crippen LogP contribution in [0.5, 0.6) is 5.75 Å². The summed E-state index contributed by atoms with van der Waals surface area (Å²) in [6.45, 7) is 8.00. The van der Waals surface area contributed by atoms with Crippen LogP contribution >= 0.6 is 0 Å². The monoisotopic (exact) mass is 198 g/mol. The van der Waals surface area contributed by atoms with Crippen molar-refractivity contribution in [1.82, 2.24) is 0 Å². The average Bonchev–Trinajstić information content (AvgIpc) is 2.24. The van der Waals surface area contributed by atoms with Gasteiger partial charge in [0.25, 0.3) is 0 Å². The predicted octanol–water partition coefficient (Wildman–Crippen LogP) is 1.12. The number of phenolic OH excluding ortho intramolecular Hbond substituents is 1. The predicted molar refractivity (Wildman–Crippen MR) is 60.6 cm³/mol. The summed E-state index contributed by atoms with van der Waals surface area (Å²) in [4.78, 5) is 0. The Morgan fingerprint density at radius 1 is 0.929 bits per heavy atom. The maximum Gasteiger partial charge on any atom is 0.492 e. The van der Waals surface area contributed by atoms with Gasteiger partial charge in [-0.15, -0.1) is 0 Å². The van der Waals surface area contributed by atoms with Gasteiger partial charge < -0.3 is 15.2 Å². The molecule has 0 saturated carbocycles. The Morgan fingerprint density at radius 3 is 1.64 bits per heavy atom. The molecule has 0 fully saturated rings. The Balaban J connectivity index is 0. The van der Waals surface area contributed by atoms with E-state index >= 15 is 0 Å². The van der Waals surface area contributed by atoms with Gasteiger partial charge in [0, 0.05) is 5.46 Å². The van der Waals surface area contributed by atoms with E-state index in [9.17, 15) is 0 Å². The smallest absolute Gasteiger partial charge is 0.492 e. The van der Waals surface area contributed by atoms with E-state index in [1.807, 2.05) is 27.7 Å². The van der Waals surface area contributed by atoms with Gasteiger partial charge >= 0.3 is 7.12 Å². The van der Waals surface area contributed by atoms with Crippen molar-refractivity contribution in [3.8, 4) is 5.75 Å². The van der Waals surface area contributed by atoms with Crippen molar-refractivity contribution in [3.05, 3.63) is 24.3 Å². The fraction of sp³-hybridized carbons (Fsp3) is 0.400. The molecule has 0 aliphatic rings. The van der Waals surface area contributed by atoms with Crippen LogP contribution in [0.4, 0.5) is 0 Å². The van der Waals surface area contributed by atoms with E-state index in [0.29, 0.717) is 0 Å².